The van der Waals surface area contributed by atoms with Gasteiger partial charge < -0.3 is 14.0 Å². The summed E-state index contributed by atoms with van der Waals surface area (Å²) < 4.78 is 15.8. The highest BCUT2D eigenvalue weighted by molar-refractivity contribution is 6.17. The smallest absolute Gasteiger partial charge is 0.411 e. The van der Waals surface area contributed by atoms with Gasteiger partial charge in [-0.2, -0.15) is 0 Å². The van der Waals surface area contributed by atoms with Crippen molar-refractivity contribution in [2.45, 2.75) is 69.6 Å². The van der Waals surface area contributed by atoms with E-state index in [1.165, 1.54) is 7.11 Å². The van der Waals surface area contributed by atoms with Gasteiger partial charge in [-0.15, -0.1) is 11.6 Å². The SMILES string of the molecule is COC(=O)C1(CCCCl)CC2c3nocc3CC2N1C(=O)OC(C)(C)C. The van der Waals surface area contributed by atoms with Crippen LogP contribution in [-0.2, 0) is 20.7 Å². The molecule has 26 heavy (non-hydrogen) atoms. The topological polar surface area (TPSA) is 81.9 Å². The van der Waals surface area contributed by atoms with Crippen molar-refractivity contribution in [3.05, 3.63) is 17.5 Å². The lowest BCUT2D eigenvalue weighted by Crippen LogP contribution is -2.57. The van der Waals surface area contributed by atoms with Gasteiger partial charge in [0, 0.05) is 23.4 Å². The number of aromatic nitrogens is 1. The maximum Gasteiger partial charge on any atom is 0.411 e. The lowest BCUT2D eigenvalue weighted by atomic mass is 9.86. The van der Waals surface area contributed by atoms with E-state index >= 15 is 0 Å². The molecule has 1 aliphatic heterocycles. The standard InChI is InChI=1S/C18H25ClN2O5/c1-17(2,3)26-16(23)21-13-8-11-10-25-20-14(11)12(13)9-18(21,6-5-7-19)15(22)24-4/h10,12-13H,5-9H2,1-4H3. The zero-order valence-electron chi connectivity index (χ0n) is 15.6. The number of nitrogens with zero attached hydrogens (tertiary/aromatic N) is 2. The van der Waals surface area contributed by atoms with Crippen molar-refractivity contribution in [2.75, 3.05) is 13.0 Å². The van der Waals surface area contributed by atoms with E-state index in [1.54, 1.807) is 31.9 Å². The second kappa shape index (κ2) is 6.76. The fraction of sp³-hybridized carbons (Fsp3) is 0.722. The molecule has 1 aromatic rings. The Kier molecular flexibility index (Phi) is 4.94. The summed E-state index contributed by atoms with van der Waals surface area (Å²) >= 11 is 5.89. The quantitative estimate of drug-likeness (QED) is 0.585. The molecule has 1 aromatic heterocycles. The molecule has 3 unspecified atom stereocenters. The van der Waals surface area contributed by atoms with Crippen LogP contribution in [0.15, 0.2) is 10.8 Å². The molecule has 0 spiro atoms. The van der Waals surface area contributed by atoms with Gasteiger partial charge in [-0.3, -0.25) is 4.90 Å². The van der Waals surface area contributed by atoms with Crippen molar-refractivity contribution in [1.29, 1.82) is 0 Å². The molecular weight excluding hydrogens is 360 g/mol. The number of carbonyl (C=O) groups is 2. The van der Waals surface area contributed by atoms with Crippen molar-refractivity contribution in [1.82, 2.24) is 10.1 Å². The number of carbonyl (C=O) groups excluding carboxylic acids is 2. The number of rotatable bonds is 4. The maximum absolute atomic E-state index is 13.1. The first kappa shape index (κ1) is 19.0. The third kappa shape index (κ3) is 3.06. The molecule has 3 rings (SSSR count). The monoisotopic (exact) mass is 384 g/mol. The largest absolute Gasteiger partial charge is 0.467 e. The van der Waals surface area contributed by atoms with Crippen molar-refractivity contribution >= 4 is 23.7 Å². The maximum atomic E-state index is 13.1. The van der Waals surface area contributed by atoms with E-state index in [0.717, 1.165) is 11.3 Å². The number of hydrogen-bond donors (Lipinski definition) is 0. The van der Waals surface area contributed by atoms with E-state index in [9.17, 15) is 9.59 Å². The Bertz CT molecular complexity index is 698. The van der Waals surface area contributed by atoms with Crippen LogP contribution in [0.1, 0.15) is 57.2 Å². The summed E-state index contributed by atoms with van der Waals surface area (Å²) in [5.74, 6) is -0.121. The number of esters is 1. The highest BCUT2D eigenvalue weighted by Crippen LogP contribution is 2.52. The van der Waals surface area contributed by atoms with Crippen molar-refractivity contribution in [3.8, 4) is 0 Å². The molecule has 1 amide bonds. The third-order valence-corrected chi connectivity index (χ3v) is 5.42. The highest BCUT2D eigenvalue weighted by Gasteiger charge is 2.62. The second-order valence-corrected chi connectivity index (χ2v) is 8.35. The molecule has 0 N–H and O–H groups in total. The molecule has 0 bridgehead atoms. The summed E-state index contributed by atoms with van der Waals surface area (Å²) in [4.78, 5) is 27.5. The van der Waals surface area contributed by atoms with E-state index in [4.69, 9.17) is 25.6 Å². The number of ether oxygens (including phenoxy) is 2. The zero-order valence-corrected chi connectivity index (χ0v) is 16.3. The number of alkyl halides is 1. The van der Waals surface area contributed by atoms with Crippen molar-refractivity contribution in [2.24, 2.45) is 0 Å². The van der Waals surface area contributed by atoms with Gasteiger partial charge in [0.05, 0.1) is 12.8 Å². The number of likely N-dealkylation sites (tertiary alicyclic amines) is 1. The average Bonchev–Trinajstić information content (AvgIpc) is 3.20. The number of methoxy groups -OCH3 is 1. The van der Waals surface area contributed by atoms with Crippen LogP contribution in [0.25, 0.3) is 0 Å². The second-order valence-electron chi connectivity index (χ2n) is 7.97. The third-order valence-electron chi connectivity index (χ3n) is 5.15. The van der Waals surface area contributed by atoms with Gasteiger partial charge in [0.2, 0.25) is 0 Å². The summed E-state index contributed by atoms with van der Waals surface area (Å²) in [5.41, 5.74) is 0.0279. The summed E-state index contributed by atoms with van der Waals surface area (Å²) in [7, 11) is 1.34. The Morgan fingerprint density at radius 2 is 2.19 bits per heavy atom. The average molecular weight is 385 g/mol. The first-order chi connectivity index (χ1) is 12.2. The highest BCUT2D eigenvalue weighted by atomic mass is 35.5. The number of hydrogen-bond acceptors (Lipinski definition) is 6. The van der Waals surface area contributed by atoms with Crippen molar-refractivity contribution in [3.63, 3.8) is 0 Å². The van der Waals surface area contributed by atoms with Crippen LogP contribution >= 0.6 is 11.6 Å². The lowest BCUT2D eigenvalue weighted by Gasteiger charge is -2.39. The van der Waals surface area contributed by atoms with Crippen LogP contribution in [0.3, 0.4) is 0 Å². The summed E-state index contributed by atoms with van der Waals surface area (Å²) in [6.07, 6.45) is 3.12. The van der Waals surface area contributed by atoms with E-state index < -0.39 is 23.2 Å². The van der Waals surface area contributed by atoms with Gasteiger partial charge >= 0.3 is 12.1 Å². The Morgan fingerprint density at radius 3 is 2.81 bits per heavy atom. The van der Waals surface area contributed by atoms with E-state index in [-0.39, 0.29) is 12.0 Å². The molecule has 3 atom stereocenters. The van der Waals surface area contributed by atoms with Gasteiger partial charge in [-0.25, -0.2) is 9.59 Å². The summed E-state index contributed by atoms with van der Waals surface area (Å²) in [6, 6.07) is -0.201. The molecule has 1 fully saturated rings. The zero-order chi connectivity index (χ0) is 19.1. The summed E-state index contributed by atoms with van der Waals surface area (Å²) in [5, 5.41) is 4.11. The molecule has 0 aromatic carbocycles. The molecular formula is C18H25ClN2O5. The molecule has 1 aliphatic carbocycles. The molecule has 0 radical (unpaired) electrons. The Balaban J connectivity index is 2.02. The Labute approximate surface area is 157 Å². The van der Waals surface area contributed by atoms with Gasteiger partial charge in [-0.1, -0.05) is 5.16 Å². The molecule has 2 aliphatic rings. The van der Waals surface area contributed by atoms with Crippen LogP contribution in [0.2, 0.25) is 0 Å². The minimum Gasteiger partial charge on any atom is -0.467 e. The van der Waals surface area contributed by atoms with Crippen LogP contribution in [-0.4, -0.2) is 52.3 Å². The molecule has 2 heterocycles. The van der Waals surface area contributed by atoms with Crippen LogP contribution in [0.4, 0.5) is 4.79 Å². The fourth-order valence-corrected chi connectivity index (χ4v) is 4.37. The van der Waals surface area contributed by atoms with Gasteiger partial charge in [-0.05, 0) is 46.5 Å². The first-order valence-electron chi connectivity index (χ1n) is 8.83. The number of amides is 1. The molecule has 7 nitrogen and oxygen atoms in total. The molecule has 1 saturated heterocycles. The first-order valence-corrected chi connectivity index (χ1v) is 9.37. The number of fused-ring (bicyclic) bond motifs is 3. The fourth-order valence-electron chi connectivity index (χ4n) is 4.23. The predicted molar refractivity (Wildman–Crippen MR) is 94.1 cm³/mol. The predicted octanol–water partition coefficient (Wildman–Crippen LogP) is 3.25. The molecule has 8 heteroatoms. The van der Waals surface area contributed by atoms with Crippen LogP contribution < -0.4 is 0 Å². The van der Waals surface area contributed by atoms with Crippen LogP contribution in [0, 0.1) is 0 Å². The van der Waals surface area contributed by atoms with E-state index in [1.807, 2.05) is 0 Å². The minimum absolute atomic E-state index is 0.0781. The minimum atomic E-state index is -1.10. The Morgan fingerprint density at radius 1 is 1.46 bits per heavy atom. The molecule has 144 valence electrons. The van der Waals surface area contributed by atoms with E-state index in [2.05, 4.69) is 5.16 Å². The normalized spacial score (nSPS) is 27.2. The van der Waals surface area contributed by atoms with Gasteiger partial charge in [0.25, 0.3) is 0 Å². The lowest BCUT2D eigenvalue weighted by molar-refractivity contribution is -0.154. The van der Waals surface area contributed by atoms with Gasteiger partial charge in [0.1, 0.15) is 17.4 Å². The van der Waals surface area contributed by atoms with Gasteiger partial charge in [0.15, 0.2) is 0 Å². The molecule has 0 saturated carbocycles. The van der Waals surface area contributed by atoms with Crippen molar-refractivity contribution < 1.29 is 23.6 Å². The summed E-state index contributed by atoms with van der Waals surface area (Å²) in [6.45, 7) is 5.42. The number of halogens is 1. The van der Waals surface area contributed by atoms with E-state index in [0.29, 0.717) is 31.6 Å². The Hall–Kier alpha value is -1.76. The van der Waals surface area contributed by atoms with Crippen LogP contribution in [0.5, 0.6) is 0 Å².